The van der Waals surface area contributed by atoms with E-state index in [4.69, 9.17) is 9.15 Å². The lowest BCUT2D eigenvalue weighted by Crippen LogP contribution is -2.43. The summed E-state index contributed by atoms with van der Waals surface area (Å²) in [6, 6.07) is 3.34. The fourth-order valence-electron chi connectivity index (χ4n) is 3.44. The number of fused-ring (bicyclic) bond motifs is 1. The number of rotatable bonds is 4. The number of carbonyl (C=O) groups excluding carboxylic acids is 2. The monoisotopic (exact) mass is 436 g/mol. The Balaban J connectivity index is 1.62. The van der Waals surface area contributed by atoms with Crippen molar-refractivity contribution in [2.75, 3.05) is 38.7 Å². The molecule has 0 unspecified atom stereocenters. The van der Waals surface area contributed by atoms with Gasteiger partial charge in [-0.1, -0.05) is 0 Å². The predicted molar refractivity (Wildman–Crippen MR) is 116 cm³/mol. The minimum Gasteiger partial charge on any atom is -0.465 e. The Morgan fingerprint density at radius 2 is 1.93 bits per heavy atom. The highest BCUT2D eigenvalue weighted by Crippen LogP contribution is 2.33. The Morgan fingerprint density at radius 1 is 1.27 bits per heavy atom. The molecule has 2 aromatic rings. The van der Waals surface area contributed by atoms with E-state index in [1.54, 1.807) is 4.90 Å². The second-order valence-electron chi connectivity index (χ2n) is 8.54. The van der Waals surface area contributed by atoms with Gasteiger partial charge in [0.15, 0.2) is 5.58 Å². The van der Waals surface area contributed by atoms with Crippen LogP contribution in [-0.4, -0.2) is 56.4 Å². The second-order valence-corrected chi connectivity index (χ2v) is 9.61. The highest BCUT2D eigenvalue weighted by Gasteiger charge is 2.27. The van der Waals surface area contributed by atoms with Gasteiger partial charge in [-0.25, -0.2) is 14.4 Å². The van der Waals surface area contributed by atoms with E-state index in [2.05, 4.69) is 9.64 Å². The highest BCUT2D eigenvalue weighted by atomic mass is 32.1. The van der Waals surface area contributed by atoms with Crippen molar-refractivity contribution in [1.29, 1.82) is 0 Å². The van der Waals surface area contributed by atoms with Crippen molar-refractivity contribution in [3.63, 3.8) is 0 Å². The third-order valence-corrected chi connectivity index (χ3v) is 6.17. The van der Waals surface area contributed by atoms with Crippen molar-refractivity contribution >= 4 is 38.7 Å². The lowest BCUT2D eigenvalue weighted by molar-refractivity contribution is 0.0186. The lowest BCUT2D eigenvalue weighted by atomic mass is 9.96. The third kappa shape index (κ3) is 5.13. The molecular weight excluding hydrogens is 408 g/mol. The maximum atomic E-state index is 12.2. The number of hydrogen-bond acceptors (Lipinski definition) is 8. The molecule has 0 atom stereocenters. The maximum absolute atomic E-state index is 12.2. The summed E-state index contributed by atoms with van der Waals surface area (Å²) in [6.07, 6.45) is 1.54. The van der Waals surface area contributed by atoms with Gasteiger partial charge in [-0.15, -0.1) is 11.3 Å². The van der Waals surface area contributed by atoms with Gasteiger partial charge in [-0.3, -0.25) is 0 Å². The van der Waals surface area contributed by atoms with Gasteiger partial charge in [-0.05, 0) is 45.6 Å². The Bertz CT molecular complexity index is 982. The average Bonchev–Trinajstić information content (AvgIpc) is 3.09. The van der Waals surface area contributed by atoms with Crippen LogP contribution in [0.1, 0.15) is 44.0 Å². The summed E-state index contributed by atoms with van der Waals surface area (Å²) < 4.78 is 16.1. The number of methoxy groups -OCH3 is 1. The molecule has 0 radical (unpaired) electrons. The number of anilines is 1. The summed E-state index contributed by atoms with van der Waals surface area (Å²) in [5.41, 5.74) is -0.830. The fraction of sp³-hybridized carbons (Fsp3) is 0.571. The molecule has 0 aromatic carbocycles. The van der Waals surface area contributed by atoms with E-state index in [1.807, 2.05) is 33.9 Å². The van der Waals surface area contributed by atoms with Crippen molar-refractivity contribution in [2.24, 2.45) is 5.92 Å². The van der Waals surface area contributed by atoms with E-state index in [9.17, 15) is 14.4 Å². The molecule has 30 heavy (non-hydrogen) atoms. The van der Waals surface area contributed by atoms with Crippen LogP contribution in [0.25, 0.3) is 10.3 Å². The van der Waals surface area contributed by atoms with Gasteiger partial charge in [-0.2, -0.15) is 0 Å². The highest BCUT2D eigenvalue weighted by molar-refractivity contribution is 7.22. The second kappa shape index (κ2) is 8.67. The molecule has 3 heterocycles. The van der Waals surface area contributed by atoms with Crippen molar-refractivity contribution in [3.8, 4) is 0 Å². The average molecular weight is 437 g/mol. The SMILES string of the molecule is COC(=O)c1cc2sc(N(C)CC3CCN(C(=O)OC(C)(C)C)CC3)cc2oc1=O. The Morgan fingerprint density at radius 3 is 2.53 bits per heavy atom. The van der Waals surface area contributed by atoms with Gasteiger partial charge in [0, 0.05) is 32.7 Å². The molecule has 9 heteroatoms. The Kier molecular flexibility index (Phi) is 6.40. The molecule has 1 amide bonds. The molecule has 8 nitrogen and oxygen atoms in total. The minimum atomic E-state index is -0.703. The Hall–Kier alpha value is -2.55. The van der Waals surface area contributed by atoms with Crippen LogP contribution >= 0.6 is 11.3 Å². The van der Waals surface area contributed by atoms with Crippen LogP contribution in [0.4, 0.5) is 9.80 Å². The topological polar surface area (TPSA) is 89.3 Å². The molecule has 3 rings (SSSR count). The predicted octanol–water partition coefficient (Wildman–Crippen LogP) is 3.72. The minimum absolute atomic E-state index is 0.101. The van der Waals surface area contributed by atoms with Crippen LogP contribution in [0.5, 0.6) is 0 Å². The molecule has 1 fully saturated rings. The first kappa shape index (κ1) is 22.1. The Labute approximate surface area is 179 Å². The van der Waals surface area contributed by atoms with E-state index < -0.39 is 17.2 Å². The molecule has 164 valence electrons. The summed E-state index contributed by atoms with van der Waals surface area (Å²) in [5, 5.41) is 0.949. The first-order valence-electron chi connectivity index (χ1n) is 9.92. The number of likely N-dealkylation sites (tertiary alicyclic amines) is 1. The summed E-state index contributed by atoms with van der Waals surface area (Å²) in [4.78, 5) is 39.8. The molecule has 0 aliphatic carbocycles. The summed E-state index contributed by atoms with van der Waals surface area (Å²) in [5.74, 6) is -0.262. The number of esters is 1. The van der Waals surface area contributed by atoms with Gasteiger partial charge < -0.3 is 23.7 Å². The van der Waals surface area contributed by atoms with Gasteiger partial charge in [0.1, 0.15) is 11.2 Å². The van der Waals surface area contributed by atoms with Crippen LogP contribution in [0, 0.1) is 5.92 Å². The molecule has 0 bridgehead atoms. The van der Waals surface area contributed by atoms with Crippen LogP contribution in [0.15, 0.2) is 21.3 Å². The zero-order chi connectivity index (χ0) is 22.1. The summed E-state index contributed by atoms with van der Waals surface area (Å²) in [7, 11) is 3.22. The van der Waals surface area contributed by atoms with E-state index in [1.165, 1.54) is 24.5 Å². The molecular formula is C21H28N2O6S. The number of hydrogen-bond donors (Lipinski definition) is 0. The van der Waals surface area contributed by atoms with E-state index in [0.717, 1.165) is 29.1 Å². The maximum Gasteiger partial charge on any atom is 0.410 e. The molecule has 2 aromatic heterocycles. The number of piperidine rings is 1. The number of nitrogens with zero attached hydrogens (tertiary/aromatic N) is 2. The fourth-order valence-corrected chi connectivity index (χ4v) is 4.44. The van der Waals surface area contributed by atoms with Crippen LogP contribution < -0.4 is 10.5 Å². The zero-order valence-electron chi connectivity index (χ0n) is 18.0. The zero-order valence-corrected chi connectivity index (χ0v) is 18.8. The smallest absolute Gasteiger partial charge is 0.410 e. The van der Waals surface area contributed by atoms with E-state index in [-0.39, 0.29) is 11.7 Å². The number of amides is 1. The number of carbonyl (C=O) groups is 2. The molecule has 0 spiro atoms. The lowest BCUT2D eigenvalue weighted by Gasteiger charge is -2.35. The number of ether oxygens (including phenoxy) is 2. The van der Waals surface area contributed by atoms with Gasteiger partial charge >= 0.3 is 17.7 Å². The molecule has 0 N–H and O–H groups in total. The van der Waals surface area contributed by atoms with Crippen LogP contribution in [0.3, 0.4) is 0 Å². The summed E-state index contributed by atoms with van der Waals surface area (Å²) >= 11 is 1.46. The van der Waals surface area contributed by atoms with Crippen molar-refractivity contribution < 1.29 is 23.5 Å². The van der Waals surface area contributed by atoms with Crippen LogP contribution in [0.2, 0.25) is 0 Å². The standard InChI is InChI=1S/C21H28N2O6S/c1-21(2,3)29-20(26)23-8-6-13(7-9-23)12-22(4)17-11-15-16(30-17)10-14(18(24)27-5)19(25)28-15/h10-11,13H,6-9,12H2,1-5H3. The largest absolute Gasteiger partial charge is 0.465 e. The molecule has 1 aliphatic heterocycles. The molecule has 0 saturated carbocycles. The number of thiophene rings is 1. The normalized spacial score (nSPS) is 15.3. The van der Waals surface area contributed by atoms with Gasteiger partial charge in [0.2, 0.25) is 0 Å². The van der Waals surface area contributed by atoms with Crippen molar-refractivity contribution in [3.05, 3.63) is 28.1 Å². The van der Waals surface area contributed by atoms with E-state index in [0.29, 0.717) is 24.6 Å². The van der Waals surface area contributed by atoms with Gasteiger partial charge in [0.05, 0.1) is 16.8 Å². The van der Waals surface area contributed by atoms with E-state index >= 15 is 0 Å². The van der Waals surface area contributed by atoms with Gasteiger partial charge in [0.25, 0.3) is 0 Å². The third-order valence-electron chi connectivity index (χ3n) is 4.99. The quantitative estimate of drug-likeness (QED) is 0.675. The molecule has 1 aliphatic rings. The van der Waals surface area contributed by atoms with Crippen molar-refractivity contribution in [1.82, 2.24) is 4.90 Å². The summed E-state index contributed by atoms with van der Waals surface area (Å²) in [6.45, 7) is 7.78. The first-order chi connectivity index (χ1) is 14.1. The van der Waals surface area contributed by atoms with Crippen molar-refractivity contribution in [2.45, 2.75) is 39.2 Å². The molecule has 1 saturated heterocycles. The first-order valence-corrected chi connectivity index (χ1v) is 10.7. The van der Waals surface area contributed by atoms with Crippen LogP contribution in [-0.2, 0) is 9.47 Å².